The van der Waals surface area contributed by atoms with Crippen molar-refractivity contribution in [1.29, 1.82) is 0 Å². The van der Waals surface area contributed by atoms with E-state index in [1.165, 1.54) is 13.2 Å². The molecular formula is C25H22ClN3O5. The number of nitrogens with zero attached hydrogens (tertiary/aromatic N) is 2. The number of nitrogens with one attached hydrogen (secondary N) is 1. The van der Waals surface area contributed by atoms with Gasteiger partial charge in [0, 0.05) is 22.3 Å². The first kappa shape index (κ1) is 21.3. The number of amides is 3. The second-order valence-corrected chi connectivity index (χ2v) is 9.73. The quantitative estimate of drug-likeness (QED) is 0.525. The van der Waals surface area contributed by atoms with E-state index in [0.29, 0.717) is 29.2 Å². The number of rotatable bonds is 2. The van der Waals surface area contributed by atoms with E-state index in [-0.39, 0.29) is 29.1 Å². The summed E-state index contributed by atoms with van der Waals surface area (Å²) in [5.74, 6) is -3.44. The van der Waals surface area contributed by atoms with Crippen molar-refractivity contribution in [2.75, 3.05) is 23.9 Å². The third kappa shape index (κ3) is 2.42. The number of hydrogen-bond donors (Lipinski definition) is 1. The first-order valence-corrected chi connectivity index (χ1v) is 11.6. The maximum atomic E-state index is 14.1. The summed E-state index contributed by atoms with van der Waals surface area (Å²) in [4.78, 5) is 57.3. The number of anilines is 2. The second kappa shape index (κ2) is 7.13. The molecule has 4 atom stereocenters. The van der Waals surface area contributed by atoms with Gasteiger partial charge in [-0.05, 0) is 56.1 Å². The summed E-state index contributed by atoms with van der Waals surface area (Å²) >= 11 is 6.41. The molecule has 8 nitrogen and oxygen atoms in total. The Labute approximate surface area is 200 Å². The molecule has 174 valence electrons. The molecule has 0 bridgehead atoms. The van der Waals surface area contributed by atoms with Crippen molar-refractivity contribution < 1.29 is 23.9 Å². The molecule has 0 saturated carbocycles. The third-order valence-electron chi connectivity index (χ3n) is 7.81. The van der Waals surface area contributed by atoms with Crippen LogP contribution in [0.4, 0.5) is 11.4 Å². The zero-order valence-corrected chi connectivity index (χ0v) is 19.4. The summed E-state index contributed by atoms with van der Waals surface area (Å²) in [6.07, 6.45) is 1.52. The van der Waals surface area contributed by atoms with Gasteiger partial charge in [-0.1, -0.05) is 23.7 Å². The number of imide groups is 1. The minimum atomic E-state index is -1.32. The van der Waals surface area contributed by atoms with Crippen LogP contribution in [0.5, 0.6) is 0 Å². The van der Waals surface area contributed by atoms with E-state index >= 15 is 0 Å². The molecule has 0 radical (unpaired) electrons. The lowest BCUT2D eigenvalue weighted by molar-refractivity contribution is -0.135. The SMILES string of the molecule is COC(=O)c1ccccc1N1C(=O)C2C3CCCN3C3(C(=O)Nc4c(C)cc(Cl)cc43)C2C1=O. The smallest absolute Gasteiger partial charge is 0.339 e. The molecule has 4 aliphatic rings. The van der Waals surface area contributed by atoms with Gasteiger partial charge in [0.05, 0.1) is 30.2 Å². The zero-order chi connectivity index (χ0) is 23.9. The van der Waals surface area contributed by atoms with Gasteiger partial charge in [0.2, 0.25) is 17.7 Å². The lowest BCUT2D eigenvalue weighted by atomic mass is 9.75. The fourth-order valence-corrected chi connectivity index (χ4v) is 6.90. The molecule has 1 spiro atoms. The summed E-state index contributed by atoms with van der Waals surface area (Å²) < 4.78 is 4.88. The van der Waals surface area contributed by atoms with E-state index in [1.807, 2.05) is 11.8 Å². The zero-order valence-electron chi connectivity index (χ0n) is 18.6. The van der Waals surface area contributed by atoms with E-state index in [4.69, 9.17) is 16.3 Å². The van der Waals surface area contributed by atoms with Gasteiger partial charge >= 0.3 is 5.97 Å². The van der Waals surface area contributed by atoms with Crippen molar-refractivity contribution in [3.05, 3.63) is 58.1 Å². The molecule has 0 aliphatic carbocycles. The minimum absolute atomic E-state index is 0.124. The average Bonchev–Trinajstić information content (AvgIpc) is 3.52. The first-order valence-electron chi connectivity index (χ1n) is 11.3. The molecule has 4 heterocycles. The summed E-state index contributed by atoms with van der Waals surface area (Å²) in [5.41, 5.74) is 1.08. The Morgan fingerprint density at radius 3 is 2.71 bits per heavy atom. The number of carbonyl (C=O) groups excluding carboxylic acids is 4. The standard InChI is InChI=1S/C25H22ClN3O5/c1-12-10-13(26)11-15-20(12)27-24(33)25(15)19-18(17-8-5-9-28(17)25)21(30)29(22(19)31)16-7-4-3-6-14(16)23(32)34-2/h3-4,6-7,10-11,17-19H,5,8-9H2,1-2H3,(H,27,33). The lowest BCUT2D eigenvalue weighted by Gasteiger charge is -2.36. The fraction of sp³-hybridized carbons (Fsp3) is 0.360. The number of hydrogen-bond acceptors (Lipinski definition) is 6. The predicted octanol–water partition coefficient (Wildman–Crippen LogP) is 2.87. The van der Waals surface area contributed by atoms with Crippen molar-refractivity contribution in [2.24, 2.45) is 11.8 Å². The Hall–Kier alpha value is -3.23. The Balaban J connectivity index is 1.57. The van der Waals surface area contributed by atoms with Gasteiger partial charge < -0.3 is 10.1 Å². The monoisotopic (exact) mass is 479 g/mol. The van der Waals surface area contributed by atoms with Crippen molar-refractivity contribution in [3.63, 3.8) is 0 Å². The van der Waals surface area contributed by atoms with Crippen LogP contribution >= 0.6 is 11.6 Å². The summed E-state index contributed by atoms with van der Waals surface area (Å²) in [6.45, 7) is 2.47. The molecule has 6 rings (SSSR count). The number of fused-ring (bicyclic) bond motifs is 7. The van der Waals surface area contributed by atoms with Gasteiger partial charge in [0.15, 0.2) is 0 Å². The van der Waals surface area contributed by atoms with Crippen LogP contribution in [-0.2, 0) is 24.7 Å². The van der Waals surface area contributed by atoms with Crippen LogP contribution in [0, 0.1) is 18.8 Å². The molecule has 2 aromatic rings. The van der Waals surface area contributed by atoms with Crippen LogP contribution in [-0.4, -0.2) is 48.3 Å². The van der Waals surface area contributed by atoms with Gasteiger partial charge in [0.25, 0.3) is 0 Å². The number of carbonyl (C=O) groups is 4. The van der Waals surface area contributed by atoms with Crippen LogP contribution in [0.25, 0.3) is 0 Å². The summed E-state index contributed by atoms with van der Waals surface area (Å²) in [5, 5.41) is 3.45. The topological polar surface area (TPSA) is 96.0 Å². The maximum Gasteiger partial charge on any atom is 0.339 e. The largest absolute Gasteiger partial charge is 0.465 e. The van der Waals surface area contributed by atoms with E-state index < -0.39 is 29.3 Å². The number of methoxy groups -OCH3 is 1. The summed E-state index contributed by atoms with van der Waals surface area (Å²) in [6, 6.07) is 9.64. The van der Waals surface area contributed by atoms with Crippen LogP contribution in [0.3, 0.4) is 0 Å². The van der Waals surface area contributed by atoms with Gasteiger partial charge in [-0.15, -0.1) is 0 Å². The Morgan fingerprint density at radius 2 is 1.94 bits per heavy atom. The van der Waals surface area contributed by atoms with E-state index in [9.17, 15) is 19.2 Å². The molecule has 2 aromatic carbocycles. The molecule has 0 aromatic heterocycles. The minimum Gasteiger partial charge on any atom is -0.465 e. The maximum absolute atomic E-state index is 14.1. The highest BCUT2D eigenvalue weighted by Gasteiger charge is 2.74. The molecule has 4 aliphatic heterocycles. The fourth-order valence-electron chi connectivity index (χ4n) is 6.62. The third-order valence-corrected chi connectivity index (χ3v) is 8.03. The molecule has 3 amide bonds. The highest BCUT2D eigenvalue weighted by Crippen LogP contribution is 2.61. The number of halogens is 1. The Morgan fingerprint density at radius 1 is 1.18 bits per heavy atom. The van der Waals surface area contributed by atoms with Crippen molar-refractivity contribution in [3.8, 4) is 0 Å². The Bertz CT molecular complexity index is 1310. The van der Waals surface area contributed by atoms with E-state index in [1.54, 1.807) is 30.3 Å². The molecule has 1 N–H and O–H groups in total. The number of aryl methyl sites for hydroxylation is 1. The number of esters is 1. The highest BCUT2D eigenvalue weighted by molar-refractivity contribution is 6.31. The predicted molar refractivity (Wildman–Crippen MR) is 123 cm³/mol. The van der Waals surface area contributed by atoms with Crippen molar-refractivity contribution in [2.45, 2.75) is 31.3 Å². The van der Waals surface area contributed by atoms with Gasteiger partial charge in [-0.25, -0.2) is 9.69 Å². The average molecular weight is 480 g/mol. The van der Waals surface area contributed by atoms with Gasteiger partial charge in [0.1, 0.15) is 5.54 Å². The molecule has 3 fully saturated rings. The number of ether oxygens (including phenoxy) is 1. The molecule has 3 saturated heterocycles. The molecule has 34 heavy (non-hydrogen) atoms. The van der Waals surface area contributed by atoms with Crippen LogP contribution in [0.15, 0.2) is 36.4 Å². The normalized spacial score (nSPS) is 29.4. The van der Waals surface area contributed by atoms with Crippen LogP contribution in [0.1, 0.15) is 34.3 Å². The van der Waals surface area contributed by atoms with Gasteiger partial charge in [-0.2, -0.15) is 0 Å². The van der Waals surface area contributed by atoms with Crippen LogP contribution < -0.4 is 10.2 Å². The second-order valence-electron chi connectivity index (χ2n) is 9.29. The van der Waals surface area contributed by atoms with Crippen LogP contribution in [0.2, 0.25) is 5.02 Å². The molecular weight excluding hydrogens is 458 g/mol. The van der Waals surface area contributed by atoms with E-state index in [2.05, 4.69) is 5.32 Å². The van der Waals surface area contributed by atoms with Crippen molar-refractivity contribution >= 4 is 46.7 Å². The number of benzene rings is 2. The molecule has 4 unspecified atom stereocenters. The summed E-state index contributed by atoms with van der Waals surface area (Å²) in [7, 11) is 1.25. The highest BCUT2D eigenvalue weighted by atomic mass is 35.5. The first-order chi connectivity index (χ1) is 16.3. The molecule has 9 heteroatoms. The Kier molecular flexibility index (Phi) is 4.47. The number of para-hydroxylation sites is 1. The van der Waals surface area contributed by atoms with E-state index in [0.717, 1.165) is 16.9 Å². The van der Waals surface area contributed by atoms with Gasteiger partial charge in [-0.3, -0.25) is 19.3 Å². The van der Waals surface area contributed by atoms with Crippen molar-refractivity contribution in [1.82, 2.24) is 4.90 Å². The lowest BCUT2D eigenvalue weighted by Crippen LogP contribution is -2.54.